The quantitative estimate of drug-likeness (QED) is 0.797. The summed E-state index contributed by atoms with van der Waals surface area (Å²) in [5.74, 6) is 0.695. The second-order valence-electron chi connectivity index (χ2n) is 4.09. The number of aryl methyl sites for hydroxylation is 2. The van der Waals surface area contributed by atoms with Crippen LogP contribution in [0.3, 0.4) is 0 Å². The summed E-state index contributed by atoms with van der Waals surface area (Å²) >= 11 is 9.54. The van der Waals surface area contributed by atoms with Gasteiger partial charge in [-0.25, -0.2) is 0 Å². The van der Waals surface area contributed by atoms with Gasteiger partial charge in [0.2, 0.25) is 0 Å². The molecule has 0 fully saturated rings. The van der Waals surface area contributed by atoms with Crippen molar-refractivity contribution in [2.75, 3.05) is 0 Å². The minimum Gasteiger partial charge on any atom is -0.486 e. The van der Waals surface area contributed by atoms with E-state index < -0.39 is 0 Å². The van der Waals surface area contributed by atoms with Crippen LogP contribution in [0.4, 0.5) is 0 Å². The van der Waals surface area contributed by atoms with Gasteiger partial charge in [0.25, 0.3) is 0 Å². The van der Waals surface area contributed by atoms with Crippen molar-refractivity contribution in [1.82, 2.24) is 9.78 Å². The normalized spacial score (nSPS) is 10.7. The molecule has 0 saturated carbocycles. The minimum absolute atomic E-state index is 0.463. The zero-order valence-corrected chi connectivity index (χ0v) is 12.6. The van der Waals surface area contributed by atoms with E-state index in [9.17, 15) is 0 Å². The highest BCUT2D eigenvalue weighted by atomic mass is 79.9. The van der Waals surface area contributed by atoms with E-state index in [0.717, 1.165) is 22.3 Å². The summed E-state index contributed by atoms with van der Waals surface area (Å²) in [7, 11) is 1.90. The summed E-state index contributed by atoms with van der Waals surface area (Å²) in [5, 5.41) is 5.69. The molecule has 0 spiro atoms. The van der Waals surface area contributed by atoms with Crippen LogP contribution in [0.1, 0.15) is 17.0 Å². The maximum Gasteiger partial charge on any atom is 0.138 e. The van der Waals surface area contributed by atoms with E-state index in [4.69, 9.17) is 16.3 Å². The molecule has 3 nitrogen and oxygen atoms in total. The summed E-state index contributed by atoms with van der Waals surface area (Å²) in [4.78, 5) is 0. The fraction of sp³-hybridized carbons (Fsp3) is 0.308. The number of rotatable bonds is 4. The highest BCUT2D eigenvalue weighted by Crippen LogP contribution is 2.27. The number of nitrogens with zero attached hydrogens (tertiary/aromatic N) is 2. The molecule has 0 atom stereocenters. The van der Waals surface area contributed by atoms with Gasteiger partial charge < -0.3 is 4.74 Å². The van der Waals surface area contributed by atoms with Gasteiger partial charge >= 0.3 is 0 Å². The Kier molecular flexibility index (Phi) is 4.30. The lowest BCUT2D eigenvalue weighted by Crippen LogP contribution is -2.03. The van der Waals surface area contributed by atoms with Crippen molar-refractivity contribution in [3.05, 3.63) is 46.2 Å². The van der Waals surface area contributed by atoms with Crippen molar-refractivity contribution < 1.29 is 4.74 Å². The summed E-state index contributed by atoms with van der Waals surface area (Å²) in [5.41, 5.74) is 3.13. The van der Waals surface area contributed by atoms with Crippen molar-refractivity contribution in [3.63, 3.8) is 0 Å². The lowest BCUT2D eigenvalue weighted by atomic mass is 10.2. The predicted octanol–water partition coefficient (Wildman–Crippen LogP) is 3.86. The van der Waals surface area contributed by atoms with Crippen molar-refractivity contribution in [2.24, 2.45) is 7.05 Å². The molecular weight excluding hydrogens is 316 g/mol. The molecular formula is C13H14BrClN2O. The molecule has 0 unspecified atom stereocenters. The highest BCUT2D eigenvalue weighted by molar-refractivity contribution is 9.08. The van der Waals surface area contributed by atoms with Crippen LogP contribution in [0.5, 0.6) is 5.75 Å². The zero-order chi connectivity index (χ0) is 13.1. The van der Waals surface area contributed by atoms with Gasteiger partial charge in [0.1, 0.15) is 12.4 Å². The summed E-state index contributed by atoms with van der Waals surface area (Å²) < 4.78 is 7.52. The number of ether oxygens (including phenoxy) is 1. The van der Waals surface area contributed by atoms with Crippen LogP contribution in [0.15, 0.2) is 24.3 Å². The number of hydrogen-bond donors (Lipinski definition) is 0. The van der Waals surface area contributed by atoms with E-state index in [1.54, 1.807) is 0 Å². The fourth-order valence-corrected chi connectivity index (χ4v) is 2.30. The molecule has 18 heavy (non-hydrogen) atoms. The topological polar surface area (TPSA) is 27.1 Å². The number of alkyl halides is 1. The molecule has 0 aliphatic carbocycles. The molecule has 2 rings (SSSR count). The average molecular weight is 330 g/mol. The molecule has 2 aromatic rings. The summed E-state index contributed by atoms with van der Waals surface area (Å²) in [6.45, 7) is 2.42. The molecule has 0 N–H and O–H groups in total. The third-order valence-corrected chi connectivity index (χ3v) is 3.57. The Morgan fingerprint density at radius 2 is 2.17 bits per heavy atom. The van der Waals surface area contributed by atoms with Crippen LogP contribution in [-0.4, -0.2) is 9.78 Å². The Morgan fingerprint density at radius 1 is 1.39 bits per heavy atom. The van der Waals surface area contributed by atoms with Crippen LogP contribution >= 0.6 is 27.5 Å². The van der Waals surface area contributed by atoms with Crippen molar-refractivity contribution in [3.8, 4) is 5.75 Å². The van der Waals surface area contributed by atoms with E-state index >= 15 is 0 Å². The first kappa shape index (κ1) is 13.4. The Labute approximate surface area is 120 Å². The molecule has 0 aliphatic rings. The van der Waals surface area contributed by atoms with E-state index in [1.165, 1.54) is 0 Å². The second kappa shape index (κ2) is 5.76. The Bertz CT molecular complexity index is 554. The van der Waals surface area contributed by atoms with Crippen LogP contribution in [0.25, 0.3) is 0 Å². The standard InChI is InChI=1S/C13H14BrClN2O/c1-9-5-11(17(2)16-9)8-18-13-4-3-10(7-14)6-12(13)15/h3-6H,7-8H2,1-2H3. The SMILES string of the molecule is Cc1cc(COc2ccc(CBr)cc2Cl)n(C)n1. The third kappa shape index (κ3) is 3.06. The van der Waals surface area contributed by atoms with Gasteiger partial charge in [-0.15, -0.1) is 0 Å². The van der Waals surface area contributed by atoms with Gasteiger partial charge in [0.05, 0.1) is 16.4 Å². The molecule has 1 aromatic heterocycles. The van der Waals surface area contributed by atoms with Gasteiger partial charge in [0, 0.05) is 12.4 Å². The van der Waals surface area contributed by atoms with Crippen molar-refractivity contribution in [2.45, 2.75) is 18.9 Å². The lowest BCUT2D eigenvalue weighted by Gasteiger charge is -2.09. The Balaban J connectivity index is 2.08. The van der Waals surface area contributed by atoms with Crippen molar-refractivity contribution in [1.29, 1.82) is 0 Å². The Morgan fingerprint density at radius 3 is 2.72 bits per heavy atom. The Hall–Kier alpha value is -1.00. The molecule has 1 aromatic carbocycles. The van der Waals surface area contributed by atoms with E-state index in [0.29, 0.717) is 17.4 Å². The molecule has 96 valence electrons. The maximum atomic E-state index is 6.15. The molecule has 5 heteroatoms. The largest absolute Gasteiger partial charge is 0.486 e. The van der Waals surface area contributed by atoms with E-state index in [-0.39, 0.29) is 0 Å². The van der Waals surface area contributed by atoms with Gasteiger partial charge in [-0.05, 0) is 30.7 Å². The average Bonchev–Trinajstić information content (AvgIpc) is 2.66. The minimum atomic E-state index is 0.463. The lowest BCUT2D eigenvalue weighted by molar-refractivity contribution is 0.295. The van der Waals surface area contributed by atoms with Crippen LogP contribution in [0.2, 0.25) is 5.02 Å². The van der Waals surface area contributed by atoms with Crippen LogP contribution < -0.4 is 4.74 Å². The smallest absolute Gasteiger partial charge is 0.138 e. The van der Waals surface area contributed by atoms with Crippen LogP contribution in [-0.2, 0) is 19.0 Å². The number of halogens is 2. The van der Waals surface area contributed by atoms with Gasteiger partial charge in [-0.2, -0.15) is 5.10 Å². The fourth-order valence-electron chi connectivity index (χ4n) is 1.70. The molecule has 0 radical (unpaired) electrons. The molecule has 0 bridgehead atoms. The van der Waals surface area contributed by atoms with Gasteiger partial charge in [0.15, 0.2) is 0 Å². The number of hydrogen-bond acceptors (Lipinski definition) is 2. The van der Waals surface area contributed by atoms with E-state index in [2.05, 4.69) is 21.0 Å². The number of benzene rings is 1. The summed E-state index contributed by atoms with van der Waals surface area (Å²) in [6, 6.07) is 7.79. The summed E-state index contributed by atoms with van der Waals surface area (Å²) in [6.07, 6.45) is 0. The first-order valence-corrected chi connectivity index (χ1v) is 7.07. The van der Waals surface area contributed by atoms with Gasteiger partial charge in [-0.1, -0.05) is 33.6 Å². The molecule has 1 heterocycles. The van der Waals surface area contributed by atoms with Crippen LogP contribution in [0, 0.1) is 6.92 Å². The van der Waals surface area contributed by atoms with E-state index in [1.807, 2.05) is 42.9 Å². The predicted molar refractivity (Wildman–Crippen MR) is 76.4 cm³/mol. The van der Waals surface area contributed by atoms with Gasteiger partial charge in [-0.3, -0.25) is 4.68 Å². The maximum absolute atomic E-state index is 6.15. The van der Waals surface area contributed by atoms with Crippen molar-refractivity contribution >= 4 is 27.5 Å². The number of aromatic nitrogens is 2. The molecule has 0 aliphatic heterocycles. The first-order valence-electron chi connectivity index (χ1n) is 5.57. The molecule has 0 saturated heterocycles. The molecule has 0 amide bonds. The third-order valence-electron chi connectivity index (χ3n) is 2.63. The zero-order valence-electron chi connectivity index (χ0n) is 10.3. The second-order valence-corrected chi connectivity index (χ2v) is 5.06. The monoisotopic (exact) mass is 328 g/mol. The first-order chi connectivity index (χ1) is 8.60. The highest BCUT2D eigenvalue weighted by Gasteiger charge is 2.06.